The molecule has 0 saturated carbocycles. The van der Waals surface area contributed by atoms with Crippen LogP contribution in [0.5, 0.6) is 5.75 Å². The SMILES string of the molecule is COc1cccc(NC(=O)N2CCC(N(CCc3noc(C)n3)C(C)=O)C2)c1. The van der Waals surface area contributed by atoms with Gasteiger partial charge in [0.2, 0.25) is 11.8 Å². The molecule has 1 aromatic heterocycles. The first kappa shape index (κ1) is 19.7. The van der Waals surface area contributed by atoms with Gasteiger partial charge in [-0.05, 0) is 18.6 Å². The van der Waals surface area contributed by atoms with Crippen molar-refractivity contribution in [2.24, 2.45) is 0 Å². The van der Waals surface area contributed by atoms with Gasteiger partial charge in [-0.25, -0.2) is 4.79 Å². The molecule has 1 aromatic carbocycles. The molecule has 1 fully saturated rings. The van der Waals surface area contributed by atoms with E-state index in [1.54, 1.807) is 36.8 Å². The van der Waals surface area contributed by atoms with Crippen molar-refractivity contribution in [2.75, 3.05) is 32.1 Å². The van der Waals surface area contributed by atoms with Crippen LogP contribution in [0.3, 0.4) is 0 Å². The zero-order chi connectivity index (χ0) is 20.1. The third-order valence-electron chi connectivity index (χ3n) is 4.76. The van der Waals surface area contributed by atoms with E-state index in [1.807, 2.05) is 18.2 Å². The highest BCUT2D eigenvalue weighted by Gasteiger charge is 2.31. The van der Waals surface area contributed by atoms with Crippen molar-refractivity contribution in [3.8, 4) is 5.75 Å². The molecule has 9 heteroatoms. The van der Waals surface area contributed by atoms with Crippen molar-refractivity contribution < 1.29 is 18.8 Å². The first-order valence-corrected chi connectivity index (χ1v) is 9.22. The van der Waals surface area contributed by atoms with Gasteiger partial charge >= 0.3 is 6.03 Å². The summed E-state index contributed by atoms with van der Waals surface area (Å²) >= 11 is 0. The smallest absolute Gasteiger partial charge is 0.321 e. The highest BCUT2D eigenvalue weighted by atomic mass is 16.5. The lowest BCUT2D eigenvalue weighted by Gasteiger charge is -2.27. The number of ether oxygens (including phenoxy) is 1. The maximum Gasteiger partial charge on any atom is 0.321 e. The van der Waals surface area contributed by atoms with Crippen LogP contribution in [0.15, 0.2) is 28.8 Å². The third kappa shape index (κ3) is 4.79. The van der Waals surface area contributed by atoms with E-state index < -0.39 is 0 Å². The molecular weight excluding hydrogens is 362 g/mol. The molecule has 3 amide bonds. The molecule has 28 heavy (non-hydrogen) atoms. The molecule has 1 unspecified atom stereocenters. The molecule has 0 radical (unpaired) electrons. The quantitative estimate of drug-likeness (QED) is 0.814. The fourth-order valence-electron chi connectivity index (χ4n) is 3.34. The van der Waals surface area contributed by atoms with Gasteiger partial charge in [0.05, 0.1) is 13.2 Å². The number of methoxy groups -OCH3 is 1. The summed E-state index contributed by atoms with van der Waals surface area (Å²) in [5.74, 6) is 1.73. The van der Waals surface area contributed by atoms with Gasteiger partial charge in [-0.1, -0.05) is 11.2 Å². The van der Waals surface area contributed by atoms with Crippen LogP contribution < -0.4 is 10.1 Å². The summed E-state index contributed by atoms with van der Waals surface area (Å²) in [4.78, 5) is 32.4. The molecule has 150 valence electrons. The van der Waals surface area contributed by atoms with Crippen molar-refractivity contribution in [3.05, 3.63) is 36.0 Å². The van der Waals surface area contributed by atoms with Crippen molar-refractivity contribution in [2.45, 2.75) is 32.7 Å². The van der Waals surface area contributed by atoms with Crippen molar-refractivity contribution in [3.63, 3.8) is 0 Å². The summed E-state index contributed by atoms with van der Waals surface area (Å²) in [5, 5.41) is 6.75. The van der Waals surface area contributed by atoms with E-state index in [-0.39, 0.29) is 18.0 Å². The van der Waals surface area contributed by atoms with Crippen LogP contribution in [0.25, 0.3) is 0 Å². The molecule has 1 N–H and O–H groups in total. The minimum absolute atomic E-state index is 0.0263. The van der Waals surface area contributed by atoms with Crippen LogP contribution in [0.2, 0.25) is 0 Å². The number of amides is 3. The lowest BCUT2D eigenvalue weighted by atomic mass is 10.2. The first-order valence-electron chi connectivity index (χ1n) is 9.22. The Kier molecular flexibility index (Phi) is 6.13. The predicted molar refractivity (Wildman–Crippen MR) is 102 cm³/mol. The second-order valence-electron chi connectivity index (χ2n) is 6.74. The van der Waals surface area contributed by atoms with Gasteiger partial charge in [0.15, 0.2) is 5.82 Å². The maximum absolute atomic E-state index is 12.6. The molecule has 2 aromatic rings. The third-order valence-corrected chi connectivity index (χ3v) is 4.76. The van der Waals surface area contributed by atoms with Crippen LogP contribution >= 0.6 is 0 Å². The van der Waals surface area contributed by atoms with E-state index in [9.17, 15) is 9.59 Å². The van der Waals surface area contributed by atoms with Crippen LogP contribution in [-0.4, -0.2) is 64.7 Å². The van der Waals surface area contributed by atoms with E-state index in [1.165, 1.54) is 0 Å². The average molecular weight is 387 g/mol. The number of rotatable bonds is 6. The summed E-state index contributed by atoms with van der Waals surface area (Å²) < 4.78 is 10.1. The number of hydrogen-bond acceptors (Lipinski definition) is 6. The molecule has 0 spiro atoms. The van der Waals surface area contributed by atoms with E-state index in [2.05, 4.69) is 15.5 Å². The normalized spacial score (nSPS) is 16.1. The number of carbonyl (C=O) groups excluding carboxylic acids is 2. The lowest BCUT2D eigenvalue weighted by Crippen LogP contribution is -2.43. The van der Waals surface area contributed by atoms with Gasteiger partial charge in [0.1, 0.15) is 5.75 Å². The number of likely N-dealkylation sites (tertiary alicyclic amines) is 1. The number of aryl methyl sites for hydroxylation is 1. The number of urea groups is 1. The minimum atomic E-state index is -0.187. The molecule has 0 bridgehead atoms. The van der Waals surface area contributed by atoms with E-state index in [0.29, 0.717) is 49.2 Å². The van der Waals surface area contributed by atoms with Crippen LogP contribution in [0, 0.1) is 6.92 Å². The summed E-state index contributed by atoms with van der Waals surface area (Å²) in [6, 6.07) is 6.99. The van der Waals surface area contributed by atoms with Gasteiger partial charge in [-0.3, -0.25) is 4.79 Å². The van der Waals surface area contributed by atoms with Crippen LogP contribution in [-0.2, 0) is 11.2 Å². The Morgan fingerprint density at radius 3 is 2.93 bits per heavy atom. The summed E-state index contributed by atoms with van der Waals surface area (Å²) in [6.07, 6.45) is 1.25. The minimum Gasteiger partial charge on any atom is -0.497 e. The second-order valence-corrected chi connectivity index (χ2v) is 6.74. The highest BCUT2D eigenvalue weighted by Crippen LogP contribution is 2.20. The topological polar surface area (TPSA) is 101 Å². The van der Waals surface area contributed by atoms with E-state index in [0.717, 1.165) is 6.42 Å². The highest BCUT2D eigenvalue weighted by molar-refractivity contribution is 5.89. The number of hydrogen-bond donors (Lipinski definition) is 1. The van der Waals surface area contributed by atoms with Gasteiger partial charge in [-0.15, -0.1) is 0 Å². The monoisotopic (exact) mass is 387 g/mol. The Labute approximate surface area is 163 Å². The molecule has 3 rings (SSSR count). The van der Waals surface area contributed by atoms with Crippen molar-refractivity contribution >= 4 is 17.6 Å². The largest absolute Gasteiger partial charge is 0.497 e. The first-order chi connectivity index (χ1) is 13.5. The number of nitrogens with zero attached hydrogens (tertiary/aromatic N) is 4. The van der Waals surface area contributed by atoms with Gasteiger partial charge in [0.25, 0.3) is 0 Å². The Bertz CT molecular complexity index is 837. The lowest BCUT2D eigenvalue weighted by molar-refractivity contribution is -0.130. The molecular formula is C19H25N5O4. The van der Waals surface area contributed by atoms with Crippen molar-refractivity contribution in [1.82, 2.24) is 19.9 Å². The molecule has 1 aliphatic rings. The van der Waals surface area contributed by atoms with E-state index >= 15 is 0 Å². The fraction of sp³-hybridized carbons (Fsp3) is 0.474. The fourth-order valence-corrected chi connectivity index (χ4v) is 3.34. The number of aromatic nitrogens is 2. The Hall–Kier alpha value is -3.10. The molecule has 0 aliphatic carbocycles. The average Bonchev–Trinajstić information content (AvgIpc) is 3.31. The molecule has 9 nitrogen and oxygen atoms in total. The second kappa shape index (κ2) is 8.73. The number of nitrogens with one attached hydrogen (secondary N) is 1. The van der Waals surface area contributed by atoms with E-state index in [4.69, 9.17) is 9.26 Å². The number of carbonyl (C=O) groups is 2. The van der Waals surface area contributed by atoms with Gasteiger partial charge in [-0.2, -0.15) is 4.98 Å². The van der Waals surface area contributed by atoms with Gasteiger partial charge in [0, 0.05) is 51.7 Å². The standard InChI is InChI=1S/C19H25N5O4/c1-13-20-18(22-28-13)8-10-24(14(2)25)16-7-9-23(12-16)19(26)21-15-5-4-6-17(11-15)27-3/h4-6,11,16H,7-10,12H2,1-3H3,(H,21,26). The zero-order valence-electron chi connectivity index (χ0n) is 16.3. The molecule has 1 saturated heterocycles. The summed E-state index contributed by atoms with van der Waals surface area (Å²) in [5.41, 5.74) is 0.670. The Balaban J connectivity index is 1.56. The molecule has 1 atom stereocenters. The van der Waals surface area contributed by atoms with Crippen LogP contribution in [0.1, 0.15) is 25.1 Å². The Morgan fingerprint density at radius 2 is 2.25 bits per heavy atom. The van der Waals surface area contributed by atoms with Gasteiger partial charge < -0.3 is 24.4 Å². The summed E-state index contributed by atoms with van der Waals surface area (Å²) in [6.45, 7) is 4.84. The maximum atomic E-state index is 12.6. The number of benzene rings is 1. The predicted octanol–water partition coefficient (Wildman–Crippen LogP) is 2.08. The molecule has 1 aliphatic heterocycles. The van der Waals surface area contributed by atoms with Crippen LogP contribution in [0.4, 0.5) is 10.5 Å². The van der Waals surface area contributed by atoms with Crippen molar-refractivity contribution in [1.29, 1.82) is 0 Å². The zero-order valence-corrected chi connectivity index (χ0v) is 16.3. The summed E-state index contributed by atoms with van der Waals surface area (Å²) in [7, 11) is 1.58. The molecule has 2 heterocycles. The Morgan fingerprint density at radius 1 is 1.43 bits per heavy atom. The number of anilines is 1.